The molecule has 4 aromatic rings. The molecule has 2 heterocycles. The van der Waals surface area contributed by atoms with Crippen LogP contribution in [0.15, 0.2) is 108 Å². The fraction of sp³-hybridized carbons (Fsp3) is 0.147. The number of halogens is 1. The molecule has 40 heavy (non-hydrogen) atoms. The first kappa shape index (κ1) is 24.7. The van der Waals surface area contributed by atoms with Crippen molar-refractivity contribution >= 4 is 45.0 Å². The van der Waals surface area contributed by atoms with Crippen molar-refractivity contribution in [2.75, 3.05) is 12.0 Å². The number of carbonyl (C=O) groups excluding carboxylic acids is 3. The highest BCUT2D eigenvalue weighted by Gasteiger charge is 2.71. The zero-order chi connectivity index (χ0) is 27.6. The van der Waals surface area contributed by atoms with Crippen LogP contribution in [0.5, 0.6) is 5.75 Å². The molecular weight excluding hydrogens is 566 g/mol. The van der Waals surface area contributed by atoms with Gasteiger partial charge in [-0.1, -0.05) is 94.8 Å². The van der Waals surface area contributed by atoms with Crippen LogP contribution < -0.4 is 9.64 Å². The van der Waals surface area contributed by atoms with Gasteiger partial charge in [-0.2, -0.15) is 0 Å². The number of nitrogens with zero attached hydrogens (tertiary/aromatic N) is 1. The first-order valence-electron chi connectivity index (χ1n) is 13.1. The summed E-state index contributed by atoms with van der Waals surface area (Å²) in [5.74, 6) is -0.810. The molecule has 1 saturated heterocycles. The van der Waals surface area contributed by atoms with E-state index >= 15 is 0 Å². The van der Waals surface area contributed by atoms with Gasteiger partial charge in [-0.15, -0.1) is 0 Å². The van der Waals surface area contributed by atoms with E-state index in [1.165, 1.54) is 0 Å². The van der Waals surface area contributed by atoms with Gasteiger partial charge in [0, 0.05) is 32.8 Å². The Morgan fingerprint density at radius 1 is 0.850 bits per heavy atom. The summed E-state index contributed by atoms with van der Waals surface area (Å²) in [5.41, 5.74) is 2.24. The summed E-state index contributed by atoms with van der Waals surface area (Å²) >= 11 is 3.57. The van der Waals surface area contributed by atoms with Crippen molar-refractivity contribution in [1.82, 2.24) is 0 Å². The minimum atomic E-state index is -1.54. The maximum Gasteiger partial charge on any atom is 0.185 e. The number of benzene rings is 4. The Kier molecular flexibility index (Phi) is 5.65. The average molecular weight is 590 g/mol. The van der Waals surface area contributed by atoms with E-state index in [1.807, 2.05) is 77.7 Å². The minimum absolute atomic E-state index is 0.143. The Morgan fingerprint density at radius 3 is 2.25 bits per heavy atom. The predicted molar refractivity (Wildman–Crippen MR) is 157 cm³/mol. The van der Waals surface area contributed by atoms with Gasteiger partial charge in [0.2, 0.25) is 0 Å². The van der Waals surface area contributed by atoms with Gasteiger partial charge in [-0.05, 0) is 41.5 Å². The number of ketones is 3. The first-order chi connectivity index (χ1) is 19.5. The molecule has 7 rings (SSSR count). The van der Waals surface area contributed by atoms with E-state index in [2.05, 4.69) is 15.9 Å². The van der Waals surface area contributed by atoms with Crippen molar-refractivity contribution in [1.29, 1.82) is 0 Å². The second-order valence-electron chi connectivity index (χ2n) is 10.4. The lowest BCUT2D eigenvalue weighted by Crippen LogP contribution is -2.48. The third-order valence-corrected chi connectivity index (χ3v) is 9.04. The highest BCUT2D eigenvalue weighted by Crippen LogP contribution is 2.61. The second-order valence-corrected chi connectivity index (χ2v) is 11.3. The zero-order valence-electron chi connectivity index (χ0n) is 21.6. The van der Waals surface area contributed by atoms with Crippen molar-refractivity contribution < 1.29 is 19.1 Å². The van der Waals surface area contributed by atoms with Crippen LogP contribution in [-0.2, 0) is 0 Å². The summed E-state index contributed by atoms with van der Waals surface area (Å²) in [4.78, 5) is 46.0. The molecule has 0 saturated carbocycles. The molecule has 0 amide bonds. The molecule has 0 unspecified atom stereocenters. The molecule has 0 radical (unpaired) electrons. The van der Waals surface area contributed by atoms with Crippen molar-refractivity contribution in [2.45, 2.75) is 18.0 Å². The number of hydrogen-bond donors (Lipinski definition) is 0. The number of rotatable bonds is 4. The monoisotopic (exact) mass is 589 g/mol. The number of anilines is 1. The highest BCUT2D eigenvalue weighted by molar-refractivity contribution is 9.10. The normalized spacial score (nSPS) is 21.8. The molecule has 1 fully saturated rings. The molecule has 3 atom stereocenters. The smallest absolute Gasteiger partial charge is 0.185 e. The summed E-state index contributed by atoms with van der Waals surface area (Å²) in [7, 11) is 1.58. The van der Waals surface area contributed by atoms with Crippen LogP contribution in [0.3, 0.4) is 0 Å². The fourth-order valence-electron chi connectivity index (χ4n) is 6.93. The Morgan fingerprint density at radius 2 is 1.55 bits per heavy atom. The van der Waals surface area contributed by atoms with E-state index in [-0.39, 0.29) is 17.3 Å². The van der Waals surface area contributed by atoms with Crippen LogP contribution in [0, 0.1) is 5.41 Å². The number of carbonyl (C=O) groups is 3. The van der Waals surface area contributed by atoms with Crippen LogP contribution in [0.2, 0.25) is 0 Å². The molecule has 196 valence electrons. The van der Waals surface area contributed by atoms with Crippen LogP contribution in [0.4, 0.5) is 5.69 Å². The molecule has 0 bridgehead atoms. The maximum atomic E-state index is 14.7. The van der Waals surface area contributed by atoms with Crippen molar-refractivity contribution in [3.63, 3.8) is 0 Å². The van der Waals surface area contributed by atoms with E-state index in [9.17, 15) is 14.4 Å². The SMILES string of the molecule is COc1cccc([C@@H]2[C@@H](C(=O)c3ccccc3)N3c4ccc(Br)cc4C=C[C@H]3C23C(=O)c2ccccc2C3=O)c1. The molecule has 3 aliphatic rings. The van der Waals surface area contributed by atoms with Crippen LogP contribution in [0.1, 0.15) is 48.1 Å². The lowest BCUT2D eigenvalue weighted by molar-refractivity contribution is 0.0665. The van der Waals surface area contributed by atoms with Gasteiger partial charge in [0.1, 0.15) is 17.2 Å². The van der Waals surface area contributed by atoms with Gasteiger partial charge in [0.05, 0.1) is 13.2 Å². The topological polar surface area (TPSA) is 63.7 Å². The third kappa shape index (κ3) is 3.29. The lowest BCUT2D eigenvalue weighted by Gasteiger charge is -2.37. The molecular formula is C34H24BrNO4. The highest BCUT2D eigenvalue weighted by atomic mass is 79.9. The fourth-order valence-corrected chi connectivity index (χ4v) is 7.31. The summed E-state index contributed by atoms with van der Waals surface area (Å²) in [6.45, 7) is 0. The maximum absolute atomic E-state index is 14.7. The molecule has 0 aromatic heterocycles. The second kappa shape index (κ2) is 9.14. The predicted octanol–water partition coefficient (Wildman–Crippen LogP) is 6.77. The van der Waals surface area contributed by atoms with Crippen LogP contribution in [0.25, 0.3) is 6.08 Å². The lowest BCUT2D eigenvalue weighted by atomic mass is 9.64. The van der Waals surface area contributed by atoms with E-state index in [0.717, 1.165) is 15.7 Å². The number of ether oxygens (including phenoxy) is 1. The Bertz CT molecular complexity index is 1710. The van der Waals surface area contributed by atoms with Gasteiger partial charge in [-0.3, -0.25) is 14.4 Å². The molecule has 2 aliphatic heterocycles. The Hall–Kier alpha value is -4.29. The molecule has 4 aromatic carbocycles. The van der Waals surface area contributed by atoms with Gasteiger partial charge < -0.3 is 9.64 Å². The molecule has 0 N–H and O–H groups in total. The van der Waals surface area contributed by atoms with Crippen molar-refractivity contribution in [3.8, 4) is 5.75 Å². The van der Waals surface area contributed by atoms with Crippen LogP contribution in [-0.4, -0.2) is 36.5 Å². The van der Waals surface area contributed by atoms with Crippen molar-refractivity contribution in [3.05, 3.63) is 135 Å². The molecule has 1 spiro atoms. The zero-order valence-corrected chi connectivity index (χ0v) is 23.2. The van der Waals surface area contributed by atoms with E-state index in [1.54, 1.807) is 43.5 Å². The third-order valence-electron chi connectivity index (χ3n) is 8.55. The molecule has 1 aliphatic carbocycles. The van der Waals surface area contributed by atoms with Gasteiger partial charge in [-0.25, -0.2) is 0 Å². The largest absolute Gasteiger partial charge is 0.497 e. The Balaban J connectivity index is 1.56. The average Bonchev–Trinajstić information content (AvgIpc) is 3.43. The number of Topliss-reactive ketones (excluding diaryl/α,β-unsaturated/α-hetero) is 3. The number of hydrogen-bond acceptors (Lipinski definition) is 5. The Labute approximate surface area is 240 Å². The summed E-state index contributed by atoms with van der Waals surface area (Å²) in [6.07, 6.45) is 3.90. The van der Waals surface area contributed by atoms with E-state index in [4.69, 9.17) is 4.74 Å². The first-order valence-corrected chi connectivity index (χ1v) is 13.9. The van der Waals surface area contributed by atoms with Gasteiger partial charge >= 0.3 is 0 Å². The quantitative estimate of drug-likeness (QED) is 0.194. The standard InChI is InChI=1S/C34H24BrNO4/c1-40-24-11-7-10-22(19-24)29-30(31(37)20-8-3-2-4-9-20)36-27-16-15-23(35)18-21(27)14-17-28(36)34(29)32(38)25-12-5-6-13-26(25)33(34)39/h2-19,28-30H,1H3/t28-,29+,30-/m0/s1. The van der Waals surface area contributed by atoms with E-state index in [0.29, 0.717) is 28.0 Å². The van der Waals surface area contributed by atoms with E-state index < -0.39 is 23.4 Å². The van der Waals surface area contributed by atoms with Crippen molar-refractivity contribution in [2.24, 2.45) is 5.41 Å². The van der Waals surface area contributed by atoms with Gasteiger partial charge in [0.15, 0.2) is 17.3 Å². The van der Waals surface area contributed by atoms with Gasteiger partial charge in [0.25, 0.3) is 0 Å². The number of methoxy groups -OCH3 is 1. The minimum Gasteiger partial charge on any atom is -0.497 e. The summed E-state index contributed by atoms with van der Waals surface area (Å²) in [5, 5.41) is 0. The van der Waals surface area contributed by atoms with Crippen LogP contribution >= 0.6 is 15.9 Å². The summed E-state index contributed by atoms with van der Waals surface area (Å²) in [6, 6.07) is 27.9. The summed E-state index contributed by atoms with van der Waals surface area (Å²) < 4.78 is 6.46. The molecule has 5 nitrogen and oxygen atoms in total. The number of fused-ring (bicyclic) bond motifs is 5. The molecule has 6 heteroatoms.